The largest absolute Gasteiger partial charge is 0.478 e. The lowest BCUT2D eigenvalue weighted by atomic mass is 10.2. The van der Waals surface area contributed by atoms with Gasteiger partial charge in [0.05, 0.1) is 5.56 Å². The first-order chi connectivity index (χ1) is 7.65. The number of aromatic carboxylic acids is 1. The number of benzene rings is 1. The van der Waals surface area contributed by atoms with Crippen LogP contribution in [0.4, 0.5) is 10.1 Å². The van der Waals surface area contributed by atoms with Gasteiger partial charge >= 0.3 is 5.97 Å². The standard InChI is InChI=1S/C12H14FNO2/c1-2-3-4-7-14-9-5-6-10(12(15)16)11(13)8-9/h2-3,5-6,8,14H,4,7H2,1H3,(H,15,16)/b3-2+. The van der Waals surface area contributed by atoms with Crippen molar-refractivity contribution >= 4 is 11.7 Å². The van der Waals surface area contributed by atoms with Gasteiger partial charge in [0.15, 0.2) is 0 Å². The van der Waals surface area contributed by atoms with E-state index in [1.165, 1.54) is 12.1 Å². The quantitative estimate of drug-likeness (QED) is 0.596. The second kappa shape index (κ2) is 5.90. The Morgan fingerprint density at radius 2 is 2.31 bits per heavy atom. The number of hydrogen-bond acceptors (Lipinski definition) is 2. The lowest BCUT2D eigenvalue weighted by molar-refractivity contribution is 0.0692. The molecule has 1 aromatic rings. The van der Waals surface area contributed by atoms with Crippen molar-refractivity contribution in [1.29, 1.82) is 0 Å². The third-order valence-corrected chi connectivity index (χ3v) is 2.08. The number of carboxylic acids is 1. The van der Waals surface area contributed by atoms with E-state index in [0.29, 0.717) is 12.2 Å². The molecule has 0 spiro atoms. The van der Waals surface area contributed by atoms with Gasteiger partial charge < -0.3 is 10.4 Å². The number of carbonyl (C=O) groups is 1. The molecular weight excluding hydrogens is 209 g/mol. The van der Waals surface area contributed by atoms with Gasteiger partial charge in [-0.2, -0.15) is 0 Å². The van der Waals surface area contributed by atoms with E-state index in [2.05, 4.69) is 5.32 Å². The fourth-order valence-electron chi connectivity index (χ4n) is 1.27. The second-order valence-corrected chi connectivity index (χ2v) is 3.28. The smallest absolute Gasteiger partial charge is 0.338 e. The molecule has 0 heterocycles. The highest BCUT2D eigenvalue weighted by molar-refractivity contribution is 5.88. The highest BCUT2D eigenvalue weighted by Gasteiger charge is 2.09. The van der Waals surface area contributed by atoms with Crippen molar-refractivity contribution < 1.29 is 14.3 Å². The first-order valence-electron chi connectivity index (χ1n) is 5.03. The molecule has 0 amide bonds. The maximum Gasteiger partial charge on any atom is 0.338 e. The van der Waals surface area contributed by atoms with Crippen molar-refractivity contribution in [3.63, 3.8) is 0 Å². The average molecular weight is 223 g/mol. The zero-order valence-corrected chi connectivity index (χ0v) is 9.03. The molecule has 0 aliphatic heterocycles. The van der Waals surface area contributed by atoms with Gasteiger partial charge in [0.2, 0.25) is 0 Å². The van der Waals surface area contributed by atoms with Crippen LogP contribution in [-0.4, -0.2) is 17.6 Å². The summed E-state index contributed by atoms with van der Waals surface area (Å²) >= 11 is 0. The lowest BCUT2D eigenvalue weighted by Crippen LogP contribution is -2.04. The monoisotopic (exact) mass is 223 g/mol. The molecule has 0 unspecified atom stereocenters. The Balaban J connectivity index is 2.63. The first-order valence-corrected chi connectivity index (χ1v) is 5.03. The minimum Gasteiger partial charge on any atom is -0.478 e. The van der Waals surface area contributed by atoms with Crippen LogP contribution < -0.4 is 5.32 Å². The van der Waals surface area contributed by atoms with E-state index in [0.717, 1.165) is 6.42 Å². The molecule has 0 saturated heterocycles. The maximum atomic E-state index is 13.2. The Kier molecular flexibility index (Phi) is 4.51. The highest BCUT2D eigenvalue weighted by Crippen LogP contribution is 2.14. The van der Waals surface area contributed by atoms with Crippen LogP contribution in [0.1, 0.15) is 23.7 Å². The van der Waals surface area contributed by atoms with Crippen LogP contribution in [0.25, 0.3) is 0 Å². The van der Waals surface area contributed by atoms with Crippen LogP contribution in [-0.2, 0) is 0 Å². The molecule has 2 N–H and O–H groups in total. The Morgan fingerprint density at radius 1 is 1.56 bits per heavy atom. The van der Waals surface area contributed by atoms with Gasteiger partial charge in [-0.25, -0.2) is 9.18 Å². The fraction of sp³-hybridized carbons (Fsp3) is 0.250. The Labute approximate surface area is 93.6 Å². The fourth-order valence-corrected chi connectivity index (χ4v) is 1.27. The van der Waals surface area contributed by atoms with Crippen LogP contribution in [0.5, 0.6) is 0 Å². The molecule has 0 fully saturated rings. The Morgan fingerprint density at radius 3 is 2.88 bits per heavy atom. The topological polar surface area (TPSA) is 49.3 Å². The summed E-state index contributed by atoms with van der Waals surface area (Å²) in [4.78, 5) is 10.6. The van der Waals surface area contributed by atoms with Crippen molar-refractivity contribution in [2.75, 3.05) is 11.9 Å². The lowest BCUT2D eigenvalue weighted by Gasteiger charge is -2.05. The van der Waals surface area contributed by atoms with Gasteiger partial charge in [-0.1, -0.05) is 12.2 Å². The van der Waals surface area contributed by atoms with Crippen molar-refractivity contribution in [3.05, 3.63) is 41.7 Å². The Bertz CT molecular complexity index is 402. The van der Waals surface area contributed by atoms with Gasteiger partial charge in [-0.05, 0) is 31.5 Å². The number of allylic oxidation sites excluding steroid dienone is 1. The molecule has 86 valence electrons. The van der Waals surface area contributed by atoms with Crippen LogP contribution in [0.3, 0.4) is 0 Å². The molecule has 0 bridgehead atoms. The predicted molar refractivity (Wildman–Crippen MR) is 61.3 cm³/mol. The van der Waals surface area contributed by atoms with Crippen LogP contribution in [0.15, 0.2) is 30.4 Å². The maximum absolute atomic E-state index is 13.2. The van der Waals surface area contributed by atoms with E-state index in [-0.39, 0.29) is 5.56 Å². The van der Waals surface area contributed by atoms with E-state index in [1.54, 1.807) is 6.07 Å². The normalized spacial score (nSPS) is 10.6. The highest BCUT2D eigenvalue weighted by atomic mass is 19.1. The summed E-state index contributed by atoms with van der Waals surface area (Å²) in [7, 11) is 0. The summed E-state index contributed by atoms with van der Waals surface area (Å²) in [5.74, 6) is -1.97. The molecule has 1 rings (SSSR count). The van der Waals surface area contributed by atoms with Gasteiger partial charge in [-0.3, -0.25) is 0 Å². The van der Waals surface area contributed by atoms with Crippen LogP contribution in [0, 0.1) is 5.82 Å². The second-order valence-electron chi connectivity index (χ2n) is 3.28. The molecule has 3 nitrogen and oxygen atoms in total. The summed E-state index contributed by atoms with van der Waals surface area (Å²) < 4.78 is 13.2. The SMILES string of the molecule is C/C=C/CCNc1ccc(C(=O)O)c(F)c1. The summed E-state index contributed by atoms with van der Waals surface area (Å²) in [5, 5.41) is 11.6. The van der Waals surface area contributed by atoms with Crippen molar-refractivity contribution in [3.8, 4) is 0 Å². The van der Waals surface area contributed by atoms with Gasteiger partial charge in [-0.15, -0.1) is 0 Å². The average Bonchev–Trinajstić information content (AvgIpc) is 2.24. The van der Waals surface area contributed by atoms with E-state index in [1.807, 2.05) is 19.1 Å². The number of halogens is 1. The van der Waals surface area contributed by atoms with Crippen molar-refractivity contribution in [2.24, 2.45) is 0 Å². The summed E-state index contributed by atoms with van der Waals surface area (Å²) in [6, 6.07) is 4.01. The molecule has 0 aromatic heterocycles. The number of nitrogens with one attached hydrogen (secondary N) is 1. The Hall–Kier alpha value is -1.84. The van der Waals surface area contributed by atoms with Crippen LogP contribution in [0.2, 0.25) is 0 Å². The molecule has 0 aliphatic rings. The van der Waals surface area contributed by atoms with Gasteiger partial charge in [0.25, 0.3) is 0 Å². The molecule has 0 aliphatic carbocycles. The van der Waals surface area contributed by atoms with E-state index >= 15 is 0 Å². The zero-order valence-electron chi connectivity index (χ0n) is 9.03. The molecule has 0 atom stereocenters. The van der Waals surface area contributed by atoms with Gasteiger partial charge in [0.1, 0.15) is 5.82 Å². The van der Waals surface area contributed by atoms with E-state index in [9.17, 15) is 9.18 Å². The predicted octanol–water partition coefficient (Wildman–Crippen LogP) is 2.90. The van der Waals surface area contributed by atoms with Crippen molar-refractivity contribution in [1.82, 2.24) is 0 Å². The third-order valence-electron chi connectivity index (χ3n) is 2.08. The number of rotatable bonds is 5. The molecule has 16 heavy (non-hydrogen) atoms. The van der Waals surface area contributed by atoms with Gasteiger partial charge in [0, 0.05) is 12.2 Å². The van der Waals surface area contributed by atoms with E-state index < -0.39 is 11.8 Å². The first kappa shape index (κ1) is 12.2. The summed E-state index contributed by atoms with van der Waals surface area (Å²) in [5.41, 5.74) is 0.283. The molecule has 4 heteroatoms. The van der Waals surface area contributed by atoms with Crippen LogP contribution >= 0.6 is 0 Å². The molecule has 0 saturated carbocycles. The number of anilines is 1. The molecule has 1 aromatic carbocycles. The molecular formula is C12H14FNO2. The minimum atomic E-state index is -1.25. The van der Waals surface area contributed by atoms with Crippen molar-refractivity contribution in [2.45, 2.75) is 13.3 Å². The number of carboxylic acid groups (broad SMARTS) is 1. The summed E-state index contributed by atoms with van der Waals surface area (Å²) in [6.45, 7) is 2.62. The van der Waals surface area contributed by atoms with E-state index in [4.69, 9.17) is 5.11 Å². The number of hydrogen-bond donors (Lipinski definition) is 2. The summed E-state index contributed by atoms with van der Waals surface area (Å²) in [6.07, 6.45) is 4.78. The molecule has 0 radical (unpaired) electrons. The third kappa shape index (κ3) is 3.38. The zero-order chi connectivity index (χ0) is 12.0. The minimum absolute atomic E-state index is 0.306.